The predicted octanol–water partition coefficient (Wildman–Crippen LogP) is 5.21. The first-order valence-electron chi connectivity index (χ1n) is 10.2. The molecule has 0 aromatic heterocycles. The van der Waals surface area contributed by atoms with Crippen LogP contribution < -0.4 is 15.9 Å². The van der Waals surface area contributed by atoms with Crippen molar-refractivity contribution in [2.45, 2.75) is 12.8 Å². The molecule has 6 heteroatoms. The summed E-state index contributed by atoms with van der Waals surface area (Å²) in [6.45, 7) is 9.00. The molecule has 0 amide bonds. The topological polar surface area (TPSA) is 58.3 Å². The summed E-state index contributed by atoms with van der Waals surface area (Å²) >= 11 is 0. The smallest absolute Gasteiger partial charge is 0 e. The molecule has 4 rings (SSSR count). The molecule has 0 unspecified atom stereocenters. The third-order valence-corrected chi connectivity index (χ3v) is 7.08. The molecular formula is C28H27FeO4P. The van der Waals surface area contributed by atoms with Gasteiger partial charge in [0.25, 0.3) is 0 Å². The maximum atomic E-state index is 7.50. The SMILES string of the molecule is COC1=CC=C(OC)CC1.[C-]#[O+].[C-]#[O+].[Fe].c1ccc(P(c2ccccc2)c2ccccc2)cc1. The van der Waals surface area contributed by atoms with Gasteiger partial charge in [0.05, 0.1) is 25.7 Å². The summed E-state index contributed by atoms with van der Waals surface area (Å²) in [5.41, 5.74) is 0. The number of rotatable bonds is 5. The molecule has 0 heterocycles. The minimum atomic E-state index is -0.446. The van der Waals surface area contributed by atoms with Gasteiger partial charge in [0.1, 0.15) is 0 Å². The Morgan fingerprint density at radius 1 is 0.559 bits per heavy atom. The van der Waals surface area contributed by atoms with Crippen LogP contribution in [0.2, 0.25) is 0 Å². The number of methoxy groups -OCH3 is 2. The number of hydrogen-bond acceptors (Lipinski definition) is 2. The molecule has 0 N–H and O–H groups in total. The Hall–Kier alpha value is -2.83. The van der Waals surface area contributed by atoms with Crippen molar-refractivity contribution in [1.82, 2.24) is 0 Å². The maximum absolute atomic E-state index is 7.50. The van der Waals surface area contributed by atoms with Crippen LogP contribution in [0, 0.1) is 13.3 Å². The molecule has 1 aliphatic carbocycles. The largest absolute Gasteiger partial charge is 0.0622 e. The summed E-state index contributed by atoms with van der Waals surface area (Å²) < 4.78 is 25.1. The molecule has 0 aliphatic heterocycles. The van der Waals surface area contributed by atoms with Crippen LogP contribution in [0.5, 0.6) is 0 Å². The summed E-state index contributed by atoms with van der Waals surface area (Å²) in [6, 6.07) is 32.3. The molecule has 0 atom stereocenters. The maximum Gasteiger partial charge on any atom is 0 e. The van der Waals surface area contributed by atoms with E-state index >= 15 is 0 Å². The van der Waals surface area contributed by atoms with Gasteiger partial charge in [-0.1, -0.05) is 91.0 Å². The average Bonchev–Trinajstić information content (AvgIpc) is 2.93. The fraction of sp³-hybridized carbons (Fsp3) is 0.143. The second kappa shape index (κ2) is 19.6. The fourth-order valence-electron chi connectivity index (χ4n) is 3.12. The summed E-state index contributed by atoms with van der Waals surface area (Å²) in [5.74, 6) is 2.06. The standard InChI is InChI=1S/C18H15P.C8H12O2.2CO.Fe/c1-4-10-16(11-5-1)19(17-12-6-2-7-13-17)18-14-8-3-9-15-18;1-9-7-3-5-8(10-2)6-4-7;2*1-2;/h1-15H;3,5H,4,6H2,1-2H3;;;. The molecule has 3 aromatic rings. The van der Waals surface area contributed by atoms with E-state index < -0.39 is 7.92 Å². The first-order valence-corrected chi connectivity index (χ1v) is 11.5. The molecule has 176 valence electrons. The van der Waals surface area contributed by atoms with Gasteiger partial charge >= 0.3 is 22.6 Å². The number of benzene rings is 3. The Balaban J connectivity index is 0.000000620. The average molecular weight is 514 g/mol. The third-order valence-electron chi connectivity index (χ3n) is 4.64. The van der Waals surface area contributed by atoms with Crippen molar-refractivity contribution in [3.63, 3.8) is 0 Å². The van der Waals surface area contributed by atoms with Crippen LogP contribution in [0.25, 0.3) is 0 Å². The van der Waals surface area contributed by atoms with E-state index in [0.717, 1.165) is 24.4 Å². The molecule has 0 fully saturated rings. The van der Waals surface area contributed by atoms with E-state index in [1.165, 1.54) is 15.9 Å². The monoisotopic (exact) mass is 514 g/mol. The van der Waals surface area contributed by atoms with Crippen LogP contribution in [0.4, 0.5) is 0 Å². The van der Waals surface area contributed by atoms with E-state index in [-0.39, 0.29) is 17.1 Å². The predicted molar refractivity (Wildman–Crippen MR) is 132 cm³/mol. The molecule has 0 saturated carbocycles. The van der Waals surface area contributed by atoms with Crippen LogP contribution in [-0.4, -0.2) is 14.2 Å². The zero-order chi connectivity index (χ0) is 24.3. The van der Waals surface area contributed by atoms with Gasteiger partial charge in [0.15, 0.2) is 0 Å². The molecule has 0 bridgehead atoms. The van der Waals surface area contributed by atoms with Gasteiger partial charge in [-0.2, -0.15) is 0 Å². The van der Waals surface area contributed by atoms with Crippen LogP contribution in [0.15, 0.2) is 115 Å². The Kier molecular flexibility index (Phi) is 18.0. The quantitative estimate of drug-likeness (QED) is 0.203. The van der Waals surface area contributed by atoms with Gasteiger partial charge in [0.2, 0.25) is 0 Å². The van der Waals surface area contributed by atoms with E-state index in [2.05, 4.69) is 104 Å². The van der Waals surface area contributed by atoms with Crippen LogP contribution >= 0.6 is 7.92 Å². The summed E-state index contributed by atoms with van der Waals surface area (Å²) in [5, 5.41) is 4.19. The Labute approximate surface area is 214 Å². The van der Waals surface area contributed by atoms with Crippen molar-refractivity contribution >= 4 is 23.8 Å². The van der Waals surface area contributed by atoms with E-state index in [0.29, 0.717) is 0 Å². The molecule has 34 heavy (non-hydrogen) atoms. The molecule has 0 spiro atoms. The zero-order valence-corrected chi connectivity index (χ0v) is 21.2. The van der Waals surface area contributed by atoms with Gasteiger partial charge in [-0.3, -0.25) is 0 Å². The first kappa shape index (κ1) is 31.2. The van der Waals surface area contributed by atoms with Crippen molar-refractivity contribution in [2.75, 3.05) is 14.2 Å². The second-order valence-corrected chi connectivity index (χ2v) is 8.74. The third kappa shape index (κ3) is 10.4. The van der Waals surface area contributed by atoms with Crippen molar-refractivity contribution in [3.05, 3.63) is 128 Å². The minimum absolute atomic E-state index is 0. The van der Waals surface area contributed by atoms with Crippen LogP contribution in [0.1, 0.15) is 12.8 Å². The minimum Gasteiger partial charge on any atom is -0.0622 e. The van der Waals surface area contributed by atoms with Gasteiger partial charge in [0, 0.05) is 29.9 Å². The Morgan fingerprint density at radius 3 is 1.03 bits per heavy atom. The molecular weight excluding hydrogens is 487 g/mol. The van der Waals surface area contributed by atoms with Gasteiger partial charge in [-0.05, 0) is 36.0 Å². The molecule has 0 saturated heterocycles. The Bertz CT molecular complexity index is 897. The van der Waals surface area contributed by atoms with E-state index in [1.807, 2.05) is 12.2 Å². The summed E-state index contributed by atoms with van der Waals surface area (Å²) in [4.78, 5) is 0. The number of allylic oxidation sites excluding steroid dienone is 4. The molecule has 0 radical (unpaired) electrons. The second-order valence-electron chi connectivity index (χ2n) is 6.52. The van der Waals surface area contributed by atoms with Gasteiger partial charge < -0.3 is 9.47 Å². The van der Waals surface area contributed by atoms with Gasteiger partial charge in [-0.25, -0.2) is 0 Å². The summed E-state index contributed by atoms with van der Waals surface area (Å²) in [6.07, 6.45) is 5.80. The van der Waals surface area contributed by atoms with Crippen molar-refractivity contribution in [2.24, 2.45) is 0 Å². The number of ether oxygens (including phenoxy) is 2. The van der Waals surface area contributed by atoms with Crippen LogP contribution in [-0.2, 0) is 35.8 Å². The summed E-state index contributed by atoms with van der Waals surface area (Å²) in [7, 11) is 2.94. The first-order chi connectivity index (χ1) is 16.3. The van der Waals surface area contributed by atoms with Crippen molar-refractivity contribution in [1.29, 1.82) is 0 Å². The van der Waals surface area contributed by atoms with Crippen LogP contribution in [0.3, 0.4) is 0 Å². The van der Waals surface area contributed by atoms with Gasteiger partial charge in [-0.15, -0.1) is 0 Å². The van der Waals surface area contributed by atoms with Crippen molar-refractivity contribution in [3.8, 4) is 0 Å². The molecule has 1 aliphatic rings. The van der Waals surface area contributed by atoms with E-state index in [1.54, 1.807) is 14.2 Å². The molecule has 4 nitrogen and oxygen atoms in total. The normalized spacial score (nSPS) is 11.1. The van der Waals surface area contributed by atoms with E-state index in [4.69, 9.17) is 18.8 Å². The molecule has 3 aromatic carbocycles. The van der Waals surface area contributed by atoms with E-state index in [9.17, 15) is 0 Å². The number of hydrogen-bond donors (Lipinski definition) is 0. The zero-order valence-electron chi connectivity index (χ0n) is 19.2. The Morgan fingerprint density at radius 2 is 0.824 bits per heavy atom. The van der Waals surface area contributed by atoms with Crippen molar-refractivity contribution < 1.29 is 35.8 Å². The fourth-order valence-corrected chi connectivity index (χ4v) is 5.42.